The summed E-state index contributed by atoms with van der Waals surface area (Å²) in [5.41, 5.74) is -1.66. The molecule has 0 aromatic rings. The van der Waals surface area contributed by atoms with Crippen molar-refractivity contribution in [3.8, 4) is 6.07 Å². The van der Waals surface area contributed by atoms with E-state index >= 15 is 0 Å². The molecule has 1 amide bonds. The van der Waals surface area contributed by atoms with Gasteiger partial charge < -0.3 is 9.47 Å². The number of likely N-dealkylation sites (tertiary alicyclic amines) is 1. The van der Waals surface area contributed by atoms with Crippen LogP contribution in [0, 0.1) is 11.3 Å². The van der Waals surface area contributed by atoms with E-state index < -0.39 is 23.2 Å². The van der Waals surface area contributed by atoms with E-state index in [1.54, 1.807) is 33.8 Å². The van der Waals surface area contributed by atoms with Crippen LogP contribution in [0.5, 0.6) is 0 Å². The Morgan fingerprint density at radius 2 is 2.05 bits per heavy atom. The van der Waals surface area contributed by atoms with Crippen LogP contribution in [0.1, 0.15) is 40.5 Å². The van der Waals surface area contributed by atoms with Gasteiger partial charge in [-0.15, -0.1) is 0 Å². The Bertz CT molecular complexity index is 408. The maximum absolute atomic E-state index is 12.1. The maximum Gasteiger partial charge on any atom is 0.411 e. The average molecular weight is 268 g/mol. The Morgan fingerprint density at radius 1 is 1.42 bits per heavy atom. The number of esters is 1. The first-order valence-corrected chi connectivity index (χ1v) is 6.25. The number of carbonyl (C=O) groups is 2. The van der Waals surface area contributed by atoms with E-state index in [9.17, 15) is 9.59 Å². The first kappa shape index (κ1) is 15.3. The molecule has 1 aliphatic heterocycles. The number of ether oxygens (including phenoxy) is 2. The lowest BCUT2D eigenvalue weighted by molar-refractivity contribution is -0.153. The summed E-state index contributed by atoms with van der Waals surface area (Å²) in [6.07, 6.45) is 0.690. The summed E-state index contributed by atoms with van der Waals surface area (Å²) < 4.78 is 10.1. The molecule has 6 nitrogen and oxygen atoms in total. The van der Waals surface area contributed by atoms with E-state index in [0.717, 1.165) is 0 Å². The molecule has 0 saturated carbocycles. The van der Waals surface area contributed by atoms with Crippen molar-refractivity contribution in [2.24, 2.45) is 0 Å². The van der Waals surface area contributed by atoms with Crippen molar-refractivity contribution in [1.82, 2.24) is 4.90 Å². The summed E-state index contributed by atoms with van der Waals surface area (Å²) >= 11 is 0. The van der Waals surface area contributed by atoms with Gasteiger partial charge in [0.25, 0.3) is 0 Å². The minimum atomic E-state index is -1.04. The Hall–Kier alpha value is -1.77. The topological polar surface area (TPSA) is 79.6 Å². The molecule has 6 heteroatoms. The molecule has 1 aliphatic rings. The fraction of sp³-hybridized carbons (Fsp3) is 0.769. The van der Waals surface area contributed by atoms with Gasteiger partial charge in [0.05, 0.1) is 0 Å². The van der Waals surface area contributed by atoms with Gasteiger partial charge in [-0.3, -0.25) is 4.90 Å². The molecular weight excluding hydrogens is 248 g/mol. The smallest absolute Gasteiger partial charge is 0.411 e. The molecular formula is C13H20N2O4. The number of hydrogen-bond donors (Lipinski definition) is 0. The highest BCUT2D eigenvalue weighted by Gasteiger charge is 2.48. The average Bonchev–Trinajstić information content (AvgIpc) is 2.67. The molecule has 0 radical (unpaired) electrons. The summed E-state index contributed by atoms with van der Waals surface area (Å²) in [5.74, 6) is -0.558. The highest BCUT2D eigenvalue weighted by Crippen LogP contribution is 2.31. The van der Waals surface area contributed by atoms with Crippen LogP contribution in [0.3, 0.4) is 0 Å². The second kappa shape index (κ2) is 5.47. The number of nitrogens with zero attached hydrogens (tertiary/aromatic N) is 2. The van der Waals surface area contributed by atoms with Crippen LogP contribution in [-0.4, -0.2) is 41.3 Å². The molecule has 1 saturated heterocycles. The molecule has 1 rings (SSSR count). The van der Waals surface area contributed by atoms with Crippen LogP contribution in [0.4, 0.5) is 4.79 Å². The number of carbonyl (C=O) groups excluding carboxylic acids is 2. The van der Waals surface area contributed by atoms with Crippen molar-refractivity contribution in [3.05, 3.63) is 0 Å². The maximum atomic E-state index is 12.1. The van der Waals surface area contributed by atoms with Crippen molar-refractivity contribution in [3.63, 3.8) is 0 Å². The van der Waals surface area contributed by atoms with Crippen LogP contribution in [-0.2, 0) is 14.3 Å². The Balaban J connectivity index is 2.80. The second-order valence-corrected chi connectivity index (χ2v) is 5.74. The summed E-state index contributed by atoms with van der Waals surface area (Å²) in [5, 5.41) is 8.44. The number of nitriles is 1. The zero-order chi connectivity index (χ0) is 14.7. The van der Waals surface area contributed by atoms with Crippen LogP contribution in [0.15, 0.2) is 0 Å². The first-order chi connectivity index (χ1) is 8.70. The van der Waals surface area contributed by atoms with Gasteiger partial charge in [-0.2, -0.15) is 5.26 Å². The second-order valence-electron chi connectivity index (χ2n) is 5.74. The van der Waals surface area contributed by atoms with Gasteiger partial charge in [-0.1, -0.05) is 0 Å². The largest absolute Gasteiger partial charge is 0.449 e. The highest BCUT2D eigenvalue weighted by atomic mass is 16.6. The molecule has 0 aromatic heterocycles. The SMILES string of the molecule is CC(C)(C)OC(=O)N1CCCC1(C)C(=O)OCC#N. The van der Waals surface area contributed by atoms with E-state index in [0.29, 0.717) is 19.4 Å². The van der Waals surface area contributed by atoms with E-state index in [2.05, 4.69) is 0 Å². The molecule has 1 unspecified atom stereocenters. The fourth-order valence-corrected chi connectivity index (χ4v) is 2.04. The highest BCUT2D eigenvalue weighted by molar-refractivity contribution is 5.86. The third-order valence-electron chi connectivity index (χ3n) is 2.96. The molecule has 0 aliphatic carbocycles. The van der Waals surface area contributed by atoms with E-state index in [1.165, 1.54) is 4.90 Å². The summed E-state index contributed by atoms with van der Waals surface area (Å²) in [7, 11) is 0. The van der Waals surface area contributed by atoms with Gasteiger partial charge in [0.2, 0.25) is 0 Å². The Morgan fingerprint density at radius 3 is 2.58 bits per heavy atom. The minimum Gasteiger partial charge on any atom is -0.449 e. The quantitative estimate of drug-likeness (QED) is 0.714. The van der Waals surface area contributed by atoms with Crippen LogP contribution < -0.4 is 0 Å². The number of amides is 1. The van der Waals surface area contributed by atoms with E-state index in [4.69, 9.17) is 14.7 Å². The minimum absolute atomic E-state index is 0.309. The molecule has 1 atom stereocenters. The third-order valence-corrected chi connectivity index (χ3v) is 2.96. The predicted molar refractivity (Wildman–Crippen MR) is 67.2 cm³/mol. The van der Waals surface area contributed by atoms with Crippen molar-refractivity contribution in [2.45, 2.75) is 51.7 Å². The predicted octanol–water partition coefficient (Wildman–Crippen LogP) is 1.84. The van der Waals surface area contributed by atoms with E-state index in [1.807, 2.05) is 0 Å². The number of hydrogen-bond acceptors (Lipinski definition) is 5. The van der Waals surface area contributed by atoms with Gasteiger partial charge in [-0.05, 0) is 40.5 Å². The first-order valence-electron chi connectivity index (χ1n) is 6.25. The van der Waals surface area contributed by atoms with Gasteiger partial charge >= 0.3 is 12.1 Å². The molecule has 0 spiro atoms. The molecule has 106 valence electrons. The zero-order valence-electron chi connectivity index (χ0n) is 11.9. The molecule has 1 heterocycles. The lowest BCUT2D eigenvalue weighted by Crippen LogP contribution is -2.52. The van der Waals surface area contributed by atoms with Gasteiger partial charge in [0.15, 0.2) is 6.61 Å². The fourth-order valence-electron chi connectivity index (χ4n) is 2.04. The lowest BCUT2D eigenvalue weighted by Gasteiger charge is -2.34. The zero-order valence-corrected chi connectivity index (χ0v) is 11.9. The van der Waals surface area contributed by atoms with Crippen LogP contribution in [0.25, 0.3) is 0 Å². The molecule has 0 N–H and O–H groups in total. The number of rotatable bonds is 2. The van der Waals surface area contributed by atoms with Crippen LogP contribution in [0.2, 0.25) is 0 Å². The molecule has 0 aromatic carbocycles. The Labute approximate surface area is 113 Å². The standard InChI is InChI=1S/C13H20N2O4/c1-12(2,3)19-11(17)15-8-5-6-13(15,4)10(16)18-9-7-14/h5-6,8-9H2,1-4H3. The van der Waals surface area contributed by atoms with Gasteiger partial charge in [0, 0.05) is 6.54 Å². The van der Waals surface area contributed by atoms with Gasteiger partial charge in [0.1, 0.15) is 17.2 Å². The van der Waals surface area contributed by atoms with Gasteiger partial charge in [-0.25, -0.2) is 9.59 Å². The van der Waals surface area contributed by atoms with E-state index in [-0.39, 0.29) is 6.61 Å². The van der Waals surface area contributed by atoms with Crippen LogP contribution >= 0.6 is 0 Å². The third kappa shape index (κ3) is 3.60. The van der Waals surface area contributed by atoms with Crippen molar-refractivity contribution in [1.29, 1.82) is 5.26 Å². The molecule has 1 fully saturated rings. The van der Waals surface area contributed by atoms with Crippen molar-refractivity contribution < 1.29 is 19.1 Å². The monoisotopic (exact) mass is 268 g/mol. The molecule has 0 bridgehead atoms. The normalized spacial score (nSPS) is 22.8. The molecule has 19 heavy (non-hydrogen) atoms. The summed E-state index contributed by atoms with van der Waals surface area (Å²) in [4.78, 5) is 25.5. The lowest BCUT2D eigenvalue weighted by atomic mass is 9.99. The van der Waals surface area contributed by atoms with Crippen molar-refractivity contribution in [2.75, 3.05) is 13.2 Å². The summed E-state index contributed by atoms with van der Waals surface area (Å²) in [6.45, 7) is 7.10. The Kier molecular flexibility index (Phi) is 4.40. The summed E-state index contributed by atoms with van der Waals surface area (Å²) in [6, 6.07) is 1.74. The van der Waals surface area contributed by atoms with Crippen molar-refractivity contribution >= 4 is 12.1 Å².